The molecule has 2 fully saturated rings. The van der Waals surface area contributed by atoms with Gasteiger partial charge in [0.15, 0.2) is 0 Å². The van der Waals surface area contributed by atoms with Crippen LogP contribution in [0.2, 0.25) is 0 Å². The van der Waals surface area contributed by atoms with Crippen LogP contribution in [-0.4, -0.2) is 65.0 Å². The summed E-state index contributed by atoms with van der Waals surface area (Å²) < 4.78 is 5.99. The van der Waals surface area contributed by atoms with Gasteiger partial charge in [-0.05, 0) is 44.2 Å². The molecule has 186 valence electrons. The number of nitrogens with one attached hydrogen (secondary N) is 1. The number of benzene rings is 1. The number of aryl methyl sites for hydroxylation is 1. The van der Waals surface area contributed by atoms with Crippen LogP contribution in [0, 0.1) is 6.92 Å². The van der Waals surface area contributed by atoms with Gasteiger partial charge in [0.1, 0.15) is 12.3 Å². The van der Waals surface area contributed by atoms with Crippen molar-refractivity contribution in [3.05, 3.63) is 23.3 Å². The lowest BCUT2D eigenvalue weighted by atomic mass is 9.94. The fourth-order valence-electron chi connectivity index (χ4n) is 5.26. The van der Waals surface area contributed by atoms with E-state index in [-0.39, 0.29) is 18.4 Å². The van der Waals surface area contributed by atoms with Crippen LogP contribution in [0.1, 0.15) is 75.3 Å². The van der Waals surface area contributed by atoms with Crippen molar-refractivity contribution in [3.63, 3.8) is 0 Å². The second-order valence-electron chi connectivity index (χ2n) is 9.69. The number of hydrogen-bond donors (Lipinski definition) is 2. The minimum atomic E-state index is -0.0162. The number of aliphatic hydroxyl groups excluding tert-OH is 1. The maximum atomic E-state index is 12.7. The third-order valence-electron chi connectivity index (χ3n) is 7.11. The van der Waals surface area contributed by atoms with E-state index in [0.717, 1.165) is 61.1 Å². The Balaban J connectivity index is 1.16. The van der Waals surface area contributed by atoms with Crippen molar-refractivity contribution in [2.45, 2.75) is 83.7 Å². The molecular weight excluding hydrogens is 432 g/mol. The van der Waals surface area contributed by atoms with Gasteiger partial charge in [0.05, 0.1) is 18.9 Å². The van der Waals surface area contributed by atoms with Crippen LogP contribution in [0.15, 0.2) is 17.1 Å². The fourth-order valence-corrected chi connectivity index (χ4v) is 5.26. The van der Waals surface area contributed by atoms with Crippen molar-refractivity contribution >= 4 is 23.5 Å². The normalized spacial score (nSPS) is 17.6. The van der Waals surface area contributed by atoms with Crippen LogP contribution in [0.4, 0.5) is 5.69 Å². The van der Waals surface area contributed by atoms with E-state index < -0.39 is 0 Å². The fraction of sp³-hybridized carbons (Fsp3) is 0.654. The van der Waals surface area contributed by atoms with Crippen molar-refractivity contribution in [2.75, 3.05) is 26.3 Å². The maximum absolute atomic E-state index is 12.7. The van der Waals surface area contributed by atoms with Gasteiger partial charge in [-0.15, -0.1) is 0 Å². The van der Waals surface area contributed by atoms with E-state index in [2.05, 4.69) is 17.2 Å². The second-order valence-corrected chi connectivity index (χ2v) is 9.69. The van der Waals surface area contributed by atoms with E-state index in [1.807, 2.05) is 21.9 Å². The molecule has 8 nitrogen and oxygen atoms in total. The molecule has 2 aliphatic heterocycles. The highest BCUT2D eigenvalue weighted by Gasteiger charge is 2.30. The average Bonchev–Trinajstić information content (AvgIpc) is 3.20. The molecule has 0 radical (unpaired) electrons. The van der Waals surface area contributed by atoms with Crippen LogP contribution in [-0.2, 0) is 16.1 Å². The van der Waals surface area contributed by atoms with Crippen LogP contribution < -0.4 is 10.1 Å². The lowest BCUT2D eigenvalue weighted by Crippen LogP contribution is -2.43. The Bertz CT molecular complexity index is 910. The molecule has 3 aliphatic rings. The highest BCUT2D eigenvalue weighted by Crippen LogP contribution is 2.34. The first-order valence-corrected chi connectivity index (χ1v) is 12.9. The van der Waals surface area contributed by atoms with Gasteiger partial charge in [-0.1, -0.05) is 32.1 Å². The third kappa shape index (κ3) is 6.09. The first-order chi connectivity index (χ1) is 16.5. The standard InChI is InChI=1S/C26H38N4O4/c1-19-15-21(16-23-22(19)17-29-18-24(32)28-26(29)27-23)34-14-8-3-2-7-11-25(33)30(12-13-31)20-9-5-4-6-10-20/h15-16,20,31H,2-14,17-18H2,1H3,(H,27,28,32). The quantitative estimate of drug-likeness (QED) is 0.484. The van der Waals surface area contributed by atoms with Gasteiger partial charge in [-0.3, -0.25) is 14.9 Å². The number of nitrogens with zero attached hydrogens (tertiary/aromatic N) is 3. The van der Waals surface area contributed by atoms with Crippen molar-refractivity contribution in [2.24, 2.45) is 4.99 Å². The minimum Gasteiger partial charge on any atom is -0.494 e. The number of unbranched alkanes of at least 4 members (excludes halogenated alkanes) is 3. The summed E-state index contributed by atoms with van der Waals surface area (Å²) in [7, 11) is 0. The van der Waals surface area contributed by atoms with Gasteiger partial charge >= 0.3 is 0 Å². The SMILES string of the molecule is Cc1cc(OCCCCCCC(=O)N(CCO)C2CCCCC2)cc2c1CN1CC(=O)NC1=N2. The molecular formula is C26H38N4O4. The number of ether oxygens (including phenoxy) is 1. The lowest BCUT2D eigenvalue weighted by Gasteiger charge is -2.34. The molecule has 1 saturated heterocycles. The summed E-state index contributed by atoms with van der Waals surface area (Å²) in [5.74, 6) is 1.61. The van der Waals surface area contributed by atoms with E-state index in [1.165, 1.54) is 19.3 Å². The second kappa shape index (κ2) is 11.7. The van der Waals surface area contributed by atoms with E-state index >= 15 is 0 Å². The van der Waals surface area contributed by atoms with E-state index in [9.17, 15) is 14.7 Å². The molecule has 2 amide bonds. The monoisotopic (exact) mass is 470 g/mol. The van der Waals surface area contributed by atoms with E-state index in [1.54, 1.807) is 0 Å². The van der Waals surface area contributed by atoms with Crippen molar-refractivity contribution < 1.29 is 19.4 Å². The molecule has 0 atom stereocenters. The number of carbonyl (C=O) groups excluding carboxylic acids is 2. The Hall–Kier alpha value is -2.61. The molecule has 4 rings (SSSR count). The van der Waals surface area contributed by atoms with Crippen molar-refractivity contribution in [1.82, 2.24) is 15.1 Å². The number of rotatable bonds is 11. The first kappa shape index (κ1) is 24.5. The summed E-state index contributed by atoms with van der Waals surface area (Å²) >= 11 is 0. The molecule has 34 heavy (non-hydrogen) atoms. The maximum Gasteiger partial charge on any atom is 0.246 e. The molecule has 1 aliphatic carbocycles. The summed E-state index contributed by atoms with van der Waals surface area (Å²) in [6, 6.07) is 4.32. The molecule has 1 saturated carbocycles. The predicted octanol–water partition coefficient (Wildman–Crippen LogP) is 3.41. The van der Waals surface area contributed by atoms with Gasteiger partial charge in [0, 0.05) is 37.2 Å². The topological polar surface area (TPSA) is 94.5 Å². The van der Waals surface area contributed by atoms with Crippen LogP contribution in [0.25, 0.3) is 0 Å². The van der Waals surface area contributed by atoms with Crippen LogP contribution in [0.3, 0.4) is 0 Å². The number of guanidine groups is 1. The van der Waals surface area contributed by atoms with Gasteiger partial charge in [0.2, 0.25) is 17.8 Å². The Kier molecular flexibility index (Phi) is 8.43. The van der Waals surface area contributed by atoms with Gasteiger partial charge in [-0.25, -0.2) is 4.99 Å². The Labute approximate surface area is 202 Å². The lowest BCUT2D eigenvalue weighted by molar-refractivity contribution is -0.135. The largest absolute Gasteiger partial charge is 0.494 e. The van der Waals surface area contributed by atoms with Gasteiger partial charge < -0.3 is 19.6 Å². The average molecular weight is 471 g/mol. The summed E-state index contributed by atoms with van der Waals surface area (Å²) in [5.41, 5.74) is 3.13. The molecule has 8 heteroatoms. The van der Waals surface area contributed by atoms with Crippen molar-refractivity contribution in [1.29, 1.82) is 0 Å². The number of aliphatic hydroxyl groups is 1. The molecule has 0 unspecified atom stereocenters. The van der Waals surface area contributed by atoms with Gasteiger partial charge in [-0.2, -0.15) is 0 Å². The Morgan fingerprint density at radius 1 is 1.18 bits per heavy atom. The molecule has 2 heterocycles. The molecule has 1 aromatic rings. The third-order valence-corrected chi connectivity index (χ3v) is 7.11. The zero-order valence-corrected chi connectivity index (χ0v) is 20.4. The van der Waals surface area contributed by atoms with Crippen molar-refractivity contribution in [3.8, 4) is 5.75 Å². The number of fused-ring (bicyclic) bond motifs is 2. The molecule has 2 N–H and O–H groups in total. The summed E-state index contributed by atoms with van der Waals surface area (Å²) in [6.45, 7) is 4.25. The van der Waals surface area contributed by atoms with Gasteiger partial charge in [0.25, 0.3) is 0 Å². The smallest absolute Gasteiger partial charge is 0.246 e. The zero-order valence-electron chi connectivity index (χ0n) is 20.4. The number of amides is 2. The van der Waals surface area contributed by atoms with Crippen LogP contribution in [0.5, 0.6) is 5.75 Å². The highest BCUT2D eigenvalue weighted by atomic mass is 16.5. The molecule has 1 aromatic carbocycles. The number of carbonyl (C=O) groups is 2. The zero-order chi connectivity index (χ0) is 23.9. The van der Waals surface area contributed by atoms with E-state index in [4.69, 9.17) is 4.74 Å². The molecule has 0 bridgehead atoms. The Morgan fingerprint density at radius 2 is 1.97 bits per heavy atom. The highest BCUT2D eigenvalue weighted by molar-refractivity contribution is 6.05. The number of aliphatic imine (C=N–C) groups is 1. The predicted molar refractivity (Wildman–Crippen MR) is 131 cm³/mol. The van der Waals surface area contributed by atoms with E-state index in [0.29, 0.717) is 44.7 Å². The first-order valence-electron chi connectivity index (χ1n) is 12.9. The summed E-state index contributed by atoms with van der Waals surface area (Å²) in [4.78, 5) is 32.8. The summed E-state index contributed by atoms with van der Waals surface area (Å²) in [5, 5.41) is 12.2. The minimum absolute atomic E-state index is 0.0162. The molecule has 0 spiro atoms. The Morgan fingerprint density at radius 3 is 2.76 bits per heavy atom. The van der Waals surface area contributed by atoms with Crippen LogP contribution >= 0.6 is 0 Å². The summed E-state index contributed by atoms with van der Waals surface area (Å²) in [6.07, 6.45) is 10.2. The molecule has 0 aromatic heterocycles. The number of hydrogen-bond acceptors (Lipinski definition) is 6.